The summed E-state index contributed by atoms with van der Waals surface area (Å²) in [5.41, 5.74) is 0.737. The van der Waals surface area contributed by atoms with E-state index in [-0.39, 0.29) is 92.6 Å². The van der Waals surface area contributed by atoms with Crippen molar-refractivity contribution in [2.75, 3.05) is 6.61 Å². The van der Waals surface area contributed by atoms with Gasteiger partial charge in [-0.2, -0.15) is 0 Å². The fourth-order valence-corrected chi connectivity index (χ4v) is 6.32. The number of fused-ring (bicyclic) bond motifs is 6. The van der Waals surface area contributed by atoms with Crippen LogP contribution in [0.15, 0.2) is 52.9 Å². The molecule has 0 amide bonds. The van der Waals surface area contributed by atoms with Crippen LogP contribution < -0.4 is 9.47 Å². The molecule has 13 heteroatoms. The van der Waals surface area contributed by atoms with Crippen LogP contribution in [-0.4, -0.2) is 65.6 Å². The molecule has 47 heavy (non-hydrogen) atoms. The average molecular weight is 646 g/mol. The van der Waals surface area contributed by atoms with E-state index in [1.807, 2.05) is 0 Å². The number of phenolic OH excluding ortho intramolecular Hbond substituents is 6. The van der Waals surface area contributed by atoms with Gasteiger partial charge in [0.25, 0.3) is 0 Å². The van der Waals surface area contributed by atoms with Crippen molar-refractivity contribution < 1.29 is 64.3 Å². The Labute approximate surface area is 265 Å². The molecule has 242 valence electrons. The largest absolute Gasteiger partial charge is 0.507 e. The molecule has 0 radical (unpaired) electrons. The van der Waals surface area contributed by atoms with Gasteiger partial charge in [-0.3, -0.25) is 0 Å². The maximum absolute atomic E-state index is 13.9. The highest BCUT2D eigenvalue weighted by Gasteiger charge is 2.42. The molecule has 0 spiro atoms. The second kappa shape index (κ2) is 11.0. The second-order valence-corrected chi connectivity index (χ2v) is 11.5. The van der Waals surface area contributed by atoms with Gasteiger partial charge >= 0.3 is 17.1 Å². The zero-order chi connectivity index (χ0) is 33.3. The third-order valence-corrected chi connectivity index (χ3v) is 8.52. The van der Waals surface area contributed by atoms with Gasteiger partial charge in [0, 0.05) is 24.0 Å². The summed E-state index contributed by atoms with van der Waals surface area (Å²) in [6.45, 7) is 1.58. The van der Waals surface area contributed by atoms with Gasteiger partial charge in [0.1, 0.15) is 39.3 Å². The number of hydrogen-bond acceptors (Lipinski definition) is 12. The number of aliphatic hydroxyl groups is 2. The molecular formula is C34H29O13+. The van der Waals surface area contributed by atoms with Crippen molar-refractivity contribution in [3.8, 4) is 46.0 Å². The number of phenols is 6. The van der Waals surface area contributed by atoms with E-state index < -0.39 is 41.9 Å². The van der Waals surface area contributed by atoms with Gasteiger partial charge in [-0.25, -0.2) is 9.21 Å². The molecular weight excluding hydrogens is 616 g/mol. The normalized spacial score (nSPS) is 20.2. The molecule has 2 aliphatic heterocycles. The molecule has 8 N–H and O–H groups in total. The van der Waals surface area contributed by atoms with Crippen LogP contribution in [0.4, 0.5) is 0 Å². The first-order valence-electron chi connectivity index (χ1n) is 14.7. The number of rotatable bonds is 4. The molecule has 0 saturated carbocycles. The molecule has 2 aliphatic rings. The molecule has 0 aliphatic carbocycles. The summed E-state index contributed by atoms with van der Waals surface area (Å²) in [5, 5.41) is 84.1. The number of carbonyl (C=O) groups excluding carboxylic acids is 1. The smallest absolute Gasteiger partial charge is 0.369 e. The van der Waals surface area contributed by atoms with Crippen molar-refractivity contribution in [2.45, 2.75) is 44.2 Å². The number of carbonyl (C=O) groups is 1. The minimum Gasteiger partial charge on any atom is -0.507 e. The standard InChI is InChI=1S/C34H28O13/c1-2-44-34(43)29-27-25(11-19(37)15-9-23(41)30(46-32(15)27)13-3-5-17(35)21(39)7-13)45-26-12-20(38)16-10-24(42)31(47-33(16)28(26)29)14-4-6-18(36)22(40)8-14/h3-8,11-12,23-24,30-31,41-42H,2,9-10H2,1H3,(H5-,35,36,37,38,39,40)/p+1/t23-,24-,30+,31+/m0/s1. The minimum absolute atomic E-state index is 0.0192. The lowest BCUT2D eigenvalue weighted by Gasteiger charge is -2.32. The number of benzene rings is 4. The van der Waals surface area contributed by atoms with Crippen LogP contribution in [0.3, 0.4) is 0 Å². The number of hydrogen-bond donors (Lipinski definition) is 8. The Balaban J connectivity index is 1.50. The summed E-state index contributed by atoms with van der Waals surface area (Å²) in [4.78, 5) is 13.9. The molecule has 13 nitrogen and oxygen atoms in total. The lowest BCUT2D eigenvalue weighted by molar-refractivity contribution is 0.0206. The second-order valence-electron chi connectivity index (χ2n) is 11.5. The Morgan fingerprint density at radius 1 is 0.702 bits per heavy atom. The molecule has 0 bridgehead atoms. The van der Waals surface area contributed by atoms with Crippen LogP contribution in [0.25, 0.3) is 21.9 Å². The van der Waals surface area contributed by atoms with E-state index >= 15 is 0 Å². The van der Waals surface area contributed by atoms with E-state index in [9.17, 15) is 45.6 Å². The molecule has 0 fully saturated rings. The number of aromatic hydroxyl groups is 6. The first-order valence-corrected chi connectivity index (χ1v) is 14.7. The van der Waals surface area contributed by atoms with Gasteiger partial charge in [0.05, 0.1) is 30.9 Å². The fourth-order valence-electron chi connectivity index (χ4n) is 6.32. The number of esters is 1. The zero-order valence-corrected chi connectivity index (χ0v) is 24.7. The van der Waals surface area contributed by atoms with Crippen LogP contribution in [0.2, 0.25) is 0 Å². The summed E-state index contributed by atoms with van der Waals surface area (Å²) >= 11 is 0. The Hall–Kier alpha value is -5.66. The van der Waals surface area contributed by atoms with E-state index in [4.69, 9.17) is 18.6 Å². The highest BCUT2D eigenvalue weighted by molar-refractivity contribution is 6.17. The van der Waals surface area contributed by atoms with E-state index in [2.05, 4.69) is 0 Å². The fraction of sp³-hybridized carbons (Fsp3) is 0.235. The van der Waals surface area contributed by atoms with Crippen molar-refractivity contribution in [3.63, 3.8) is 0 Å². The molecule has 4 aromatic carbocycles. The van der Waals surface area contributed by atoms with Gasteiger partial charge in [-0.1, -0.05) is 12.1 Å². The summed E-state index contributed by atoms with van der Waals surface area (Å²) < 4.78 is 24.2. The van der Waals surface area contributed by atoms with Gasteiger partial charge in [-0.05, 0) is 42.3 Å². The first kappa shape index (κ1) is 30.0. The average Bonchev–Trinajstić information content (AvgIpc) is 3.03. The van der Waals surface area contributed by atoms with Crippen molar-refractivity contribution in [2.24, 2.45) is 0 Å². The molecule has 5 aromatic rings. The van der Waals surface area contributed by atoms with Gasteiger partial charge in [0.2, 0.25) is 0 Å². The van der Waals surface area contributed by atoms with Gasteiger partial charge in [0.15, 0.2) is 35.2 Å². The van der Waals surface area contributed by atoms with E-state index in [1.54, 1.807) is 6.92 Å². The zero-order valence-electron chi connectivity index (χ0n) is 24.7. The Morgan fingerprint density at radius 3 is 1.55 bits per heavy atom. The maximum Gasteiger partial charge on any atom is 0.369 e. The third kappa shape index (κ3) is 4.78. The Bertz CT molecular complexity index is 1970. The predicted molar refractivity (Wildman–Crippen MR) is 163 cm³/mol. The van der Waals surface area contributed by atoms with Crippen LogP contribution in [0, 0.1) is 0 Å². The van der Waals surface area contributed by atoms with Gasteiger partial charge < -0.3 is 55.1 Å². The third-order valence-electron chi connectivity index (χ3n) is 8.52. The highest BCUT2D eigenvalue weighted by Crippen LogP contribution is 2.52. The van der Waals surface area contributed by atoms with Crippen molar-refractivity contribution in [3.05, 3.63) is 76.3 Å². The summed E-state index contributed by atoms with van der Waals surface area (Å²) in [6, 6.07) is 10.3. The first-order chi connectivity index (χ1) is 22.5. The van der Waals surface area contributed by atoms with Crippen LogP contribution in [-0.2, 0) is 17.6 Å². The predicted octanol–water partition coefficient (Wildman–Crippen LogP) is 4.35. The van der Waals surface area contributed by atoms with Crippen LogP contribution in [0.5, 0.6) is 46.0 Å². The number of aliphatic hydroxyl groups excluding tert-OH is 2. The molecule has 1 aromatic heterocycles. The van der Waals surface area contributed by atoms with Crippen molar-refractivity contribution in [1.82, 2.24) is 0 Å². The van der Waals surface area contributed by atoms with E-state index in [1.165, 1.54) is 48.5 Å². The molecule has 0 saturated heterocycles. The summed E-state index contributed by atoms with van der Waals surface area (Å²) in [5.74, 6) is -3.12. The van der Waals surface area contributed by atoms with E-state index in [0.29, 0.717) is 11.1 Å². The Morgan fingerprint density at radius 2 is 1.15 bits per heavy atom. The highest BCUT2D eigenvalue weighted by atomic mass is 16.5. The topological polar surface area (TPSA) is 218 Å². The lowest BCUT2D eigenvalue weighted by Crippen LogP contribution is -2.31. The van der Waals surface area contributed by atoms with Crippen molar-refractivity contribution in [1.29, 1.82) is 0 Å². The minimum atomic E-state index is -1.21. The van der Waals surface area contributed by atoms with E-state index in [0.717, 1.165) is 0 Å². The molecule has 4 atom stereocenters. The summed E-state index contributed by atoms with van der Waals surface area (Å²) in [7, 11) is 0. The molecule has 3 heterocycles. The van der Waals surface area contributed by atoms with Crippen LogP contribution in [0.1, 0.15) is 51.7 Å². The van der Waals surface area contributed by atoms with Crippen LogP contribution >= 0.6 is 0 Å². The SMILES string of the molecule is CCOC(=O)c1c2c3c(c(O)cc2[o+]c2cc(O)c4c(c12)O[C@H](c1ccc(O)c(O)c1)[C@@H](O)C4)C[C@H](O)[C@@H](c1ccc(O)c(O)c1)O3. The monoisotopic (exact) mass is 645 g/mol. The van der Waals surface area contributed by atoms with Crippen molar-refractivity contribution >= 4 is 27.9 Å². The molecule has 0 unspecified atom stereocenters. The number of ether oxygens (including phenoxy) is 3. The lowest BCUT2D eigenvalue weighted by atomic mass is 9.89. The molecule has 7 rings (SSSR count). The quantitative estimate of drug-likeness (QED) is 0.0591. The summed E-state index contributed by atoms with van der Waals surface area (Å²) in [6.07, 6.45) is -4.92. The Kier molecular flexibility index (Phi) is 7.02. The van der Waals surface area contributed by atoms with Gasteiger partial charge in [-0.15, -0.1) is 0 Å². The maximum atomic E-state index is 13.9.